The molecule has 0 aliphatic heterocycles. The molecule has 8 nitrogen and oxygen atoms in total. The molecule has 0 saturated heterocycles. The molecule has 12 heteroatoms. The number of H-pyrrole nitrogens is 1. The molecule has 0 saturated carbocycles. The molecule has 1 amide bonds. The summed E-state index contributed by atoms with van der Waals surface area (Å²) in [7, 11) is 0. The number of hydrogen-bond acceptors (Lipinski definition) is 7. The van der Waals surface area contributed by atoms with E-state index in [9.17, 15) is 13.6 Å². The lowest BCUT2D eigenvalue weighted by atomic mass is 10.2. The molecule has 0 unspecified atom stereocenters. The molecule has 0 bridgehead atoms. The van der Waals surface area contributed by atoms with E-state index in [2.05, 4.69) is 30.6 Å². The number of amides is 1. The fraction of sp³-hybridized carbons (Fsp3) is 0.150. The topological polar surface area (TPSA) is 110 Å². The van der Waals surface area contributed by atoms with Gasteiger partial charge in [0.1, 0.15) is 11.6 Å². The summed E-state index contributed by atoms with van der Waals surface area (Å²) in [5.74, 6) is 0.102. The number of aryl methyl sites for hydroxylation is 1. The van der Waals surface area contributed by atoms with Gasteiger partial charge in [-0.1, -0.05) is 40.7 Å². The Hall–Kier alpha value is -3.31. The highest BCUT2D eigenvalue weighted by molar-refractivity contribution is 7.98. The maximum absolute atomic E-state index is 13.7. The van der Waals surface area contributed by atoms with E-state index in [1.165, 1.54) is 36.0 Å². The van der Waals surface area contributed by atoms with Gasteiger partial charge in [-0.15, -0.1) is 5.10 Å². The van der Waals surface area contributed by atoms with Crippen LogP contribution >= 0.6 is 23.4 Å². The summed E-state index contributed by atoms with van der Waals surface area (Å²) in [6.45, 7) is 0. The Morgan fingerprint density at radius 2 is 2.06 bits per heavy atom. The number of benzene rings is 2. The third-order valence-corrected chi connectivity index (χ3v) is 5.25. The number of halogens is 3. The molecular formula is C20H15ClF2N6O2S. The minimum Gasteiger partial charge on any atom is -0.339 e. The number of anilines is 1. The highest BCUT2D eigenvalue weighted by atomic mass is 35.5. The zero-order valence-corrected chi connectivity index (χ0v) is 17.9. The van der Waals surface area contributed by atoms with Crippen LogP contribution in [0.4, 0.5) is 14.5 Å². The summed E-state index contributed by atoms with van der Waals surface area (Å²) in [6, 6.07) is 10.0. The first-order chi connectivity index (χ1) is 15.5. The highest BCUT2D eigenvalue weighted by Gasteiger charge is 2.13. The van der Waals surface area contributed by atoms with Gasteiger partial charge in [-0.2, -0.15) is 4.98 Å². The third kappa shape index (κ3) is 5.68. The van der Waals surface area contributed by atoms with Crippen LogP contribution in [0.1, 0.15) is 18.1 Å². The molecule has 0 atom stereocenters. The predicted molar refractivity (Wildman–Crippen MR) is 114 cm³/mol. The fourth-order valence-corrected chi connectivity index (χ4v) is 3.48. The van der Waals surface area contributed by atoms with E-state index in [1.807, 2.05) is 0 Å². The van der Waals surface area contributed by atoms with Crippen molar-refractivity contribution in [2.45, 2.75) is 23.8 Å². The van der Waals surface area contributed by atoms with Crippen LogP contribution in [0.25, 0.3) is 11.4 Å². The first-order valence-electron chi connectivity index (χ1n) is 9.34. The summed E-state index contributed by atoms with van der Waals surface area (Å²) >= 11 is 6.96. The Kier molecular flexibility index (Phi) is 6.76. The van der Waals surface area contributed by atoms with Gasteiger partial charge in [-0.05, 0) is 30.3 Å². The average Bonchev–Trinajstić information content (AvgIpc) is 3.42. The number of rotatable bonds is 8. The van der Waals surface area contributed by atoms with Crippen LogP contribution in [-0.2, 0) is 17.0 Å². The van der Waals surface area contributed by atoms with Gasteiger partial charge in [0.2, 0.25) is 17.0 Å². The number of nitrogens with one attached hydrogen (secondary N) is 2. The average molecular weight is 477 g/mol. The van der Waals surface area contributed by atoms with Gasteiger partial charge >= 0.3 is 0 Å². The molecule has 0 aliphatic carbocycles. The Balaban J connectivity index is 1.26. The Morgan fingerprint density at radius 1 is 1.19 bits per heavy atom. The molecule has 0 aliphatic rings. The van der Waals surface area contributed by atoms with Crippen LogP contribution in [0.2, 0.25) is 5.02 Å². The van der Waals surface area contributed by atoms with Crippen LogP contribution in [0, 0.1) is 11.6 Å². The summed E-state index contributed by atoms with van der Waals surface area (Å²) in [5.41, 5.74) is 0.633. The standard InChI is InChI=1S/C20H15ClF2N6O2S/c21-12-4-5-15(14(23)9-12)24-17(30)6-7-18-25-16(29-31-18)10-32-20-26-19(27-28-20)11-2-1-3-13(22)8-11/h1-5,8-9H,6-7,10H2,(H,24,30)(H,26,27,28). The second-order valence-corrected chi connectivity index (χ2v) is 7.92. The number of nitrogens with zero attached hydrogens (tertiary/aromatic N) is 4. The molecule has 0 radical (unpaired) electrons. The van der Waals surface area contributed by atoms with Gasteiger partial charge in [0.15, 0.2) is 11.6 Å². The van der Waals surface area contributed by atoms with Crippen molar-refractivity contribution in [2.75, 3.05) is 5.32 Å². The minimum absolute atomic E-state index is 0.0365. The Bertz CT molecular complexity index is 1250. The second kappa shape index (κ2) is 9.88. The van der Waals surface area contributed by atoms with Crippen molar-refractivity contribution in [2.24, 2.45) is 0 Å². The maximum atomic E-state index is 13.7. The molecule has 4 rings (SSSR count). The van der Waals surface area contributed by atoms with Gasteiger partial charge < -0.3 is 9.84 Å². The molecule has 2 aromatic heterocycles. The first kappa shape index (κ1) is 21.9. The van der Waals surface area contributed by atoms with E-state index in [0.717, 1.165) is 6.07 Å². The lowest BCUT2D eigenvalue weighted by Crippen LogP contribution is -2.13. The largest absolute Gasteiger partial charge is 0.339 e. The van der Waals surface area contributed by atoms with Crippen LogP contribution in [0.5, 0.6) is 0 Å². The zero-order chi connectivity index (χ0) is 22.5. The highest BCUT2D eigenvalue weighted by Crippen LogP contribution is 2.22. The van der Waals surface area contributed by atoms with E-state index in [-0.39, 0.29) is 35.3 Å². The summed E-state index contributed by atoms with van der Waals surface area (Å²) < 4.78 is 32.2. The lowest BCUT2D eigenvalue weighted by Gasteiger charge is -2.05. The number of carbonyl (C=O) groups excluding carboxylic acids is 1. The predicted octanol–water partition coefficient (Wildman–Crippen LogP) is 4.65. The number of carbonyl (C=O) groups is 1. The van der Waals surface area contributed by atoms with E-state index >= 15 is 0 Å². The van der Waals surface area contributed by atoms with Crippen molar-refractivity contribution in [1.29, 1.82) is 0 Å². The van der Waals surface area contributed by atoms with Crippen LogP contribution in [0.3, 0.4) is 0 Å². The van der Waals surface area contributed by atoms with E-state index in [4.69, 9.17) is 16.1 Å². The summed E-state index contributed by atoms with van der Waals surface area (Å²) in [6.07, 6.45) is 0.234. The quantitative estimate of drug-likeness (QED) is 0.356. The maximum Gasteiger partial charge on any atom is 0.227 e. The monoisotopic (exact) mass is 476 g/mol. The van der Waals surface area contributed by atoms with Crippen LogP contribution in [-0.4, -0.2) is 31.2 Å². The Morgan fingerprint density at radius 3 is 2.88 bits per heavy atom. The van der Waals surface area contributed by atoms with Crippen LogP contribution in [0.15, 0.2) is 52.1 Å². The van der Waals surface area contributed by atoms with Crippen molar-refractivity contribution in [3.8, 4) is 11.4 Å². The zero-order valence-electron chi connectivity index (χ0n) is 16.3. The molecule has 0 spiro atoms. The number of aromatic nitrogens is 5. The molecule has 4 aromatic rings. The van der Waals surface area contributed by atoms with E-state index in [1.54, 1.807) is 12.1 Å². The van der Waals surface area contributed by atoms with Crippen molar-refractivity contribution >= 4 is 35.0 Å². The molecule has 2 aromatic carbocycles. The molecule has 32 heavy (non-hydrogen) atoms. The number of aromatic amines is 1. The molecule has 164 valence electrons. The van der Waals surface area contributed by atoms with Crippen molar-refractivity contribution in [3.05, 3.63) is 70.8 Å². The van der Waals surface area contributed by atoms with Crippen molar-refractivity contribution in [1.82, 2.24) is 25.3 Å². The fourth-order valence-electron chi connectivity index (χ4n) is 2.68. The third-order valence-electron chi connectivity index (χ3n) is 4.17. The first-order valence-corrected chi connectivity index (χ1v) is 10.7. The minimum atomic E-state index is -0.615. The number of thioether (sulfide) groups is 1. The van der Waals surface area contributed by atoms with Crippen LogP contribution < -0.4 is 5.32 Å². The van der Waals surface area contributed by atoms with Crippen molar-refractivity contribution in [3.63, 3.8) is 0 Å². The molecule has 2 heterocycles. The number of hydrogen-bond donors (Lipinski definition) is 2. The molecule has 2 N–H and O–H groups in total. The van der Waals surface area contributed by atoms with Crippen molar-refractivity contribution < 1.29 is 18.1 Å². The van der Waals surface area contributed by atoms with Gasteiger partial charge in [0, 0.05) is 23.4 Å². The Labute approximate surface area is 189 Å². The van der Waals surface area contributed by atoms with E-state index in [0.29, 0.717) is 28.1 Å². The molecule has 0 fully saturated rings. The summed E-state index contributed by atoms with van der Waals surface area (Å²) in [4.78, 5) is 20.6. The molecular weight excluding hydrogens is 462 g/mol. The second-order valence-electron chi connectivity index (χ2n) is 6.54. The van der Waals surface area contributed by atoms with Gasteiger partial charge in [0.05, 0.1) is 11.4 Å². The lowest BCUT2D eigenvalue weighted by molar-refractivity contribution is -0.116. The van der Waals surface area contributed by atoms with Gasteiger partial charge in [-0.3, -0.25) is 9.89 Å². The summed E-state index contributed by atoms with van der Waals surface area (Å²) in [5, 5.41) is 13.9. The SMILES string of the molecule is O=C(CCc1nc(CSc2n[nH]c(-c3cccc(F)c3)n2)no1)Nc1ccc(Cl)cc1F. The van der Waals surface area contributed by atoms with E-state index < -0.39 is 11.7 Å². The van der Waals surface area contributed by atoms with Gasteiger partial charge in [-0.25, -0.2) is 13.8 Å². The smallest absolute Gasteiger partial charge is 0.227 e. The normalized spacial score (nSPS) is 11.0. The van der Waals surface area contributed by atoms with Gasteiger partial charge in [0.25, 0.3) is 0 Å².